The van der Waals surface area contributed by atoms with E-state index in [0.29, 0.717) is 21.0 Å². The van der Waals surface area contributed by atoms with Crippen LogP contribution < -0.4 is 10.2 Å². The van der Waals surface area contributed by atoms with E-state index >= 15 is 0 Å². The van der Waals surface area contributed by atoms with Crippen LogP contribution >= 0.6 is 35.0 Å². The summed E-state index contributed by atoms with van der Waals surface area (Å²) in [6.45, 7) is 0. The van der Waals surface area contributed by atoms with Gasteiger partial charge in [0.1, 0.15) is 0 Å². The lowest BCUT2D eigenvalue weighted by Gasteiger charge is -2.13. The minimum atomic E-state index is -0.128. The van der Waals surface area contributed by atoms with Gasteiger partial charge in [0.15, 0.2) is 11.0 Å². The van der Waals surface area contributed by atoms with Crippen molar-refractivity contribution in [3.05, 3.63) is 82.8 Å². The Hall–Kier alpha value is -3.00. The molecule has 1 aromatic heterocycles. The molecule has 0 radical (unpaired) electrons. The Morgan fingerprint density at radius 3 is 2.12 bits per heavy atom. The second-order valence-corrected chi connectivity index (χ2v) is 9.22. The second-order valence-electron chi connectivity index (χ2n) is 7.40. The average molecular weight is 498 g/mol. The van der Waals surface area contributed by atoms with Crippen molar-refractivity contribution >= 4 is 52.2 Å². The van der Waals surface area contributed by atoms with Gasteiger partial charge in [0.25, 0.3) is 0 Å². The Bertz CT molecular complexity index is 1240. The van der Waals surface area contributed by atoms with Crippen molar-refractivity contribution in [1.29, 1.82) is 0 Å². The number of thioether (sulfide) groups is 1. The van der Waals surface area contributed by atoms with Crippen molar-refractivity contribution in [3.63, 3.8) is 0 Å². The molecule has 0 atom stereocenters. The second kappa shape index (κ2) is 10.3. The third-order valence-electron chi connectivity index (χ3n) is 4.82. The van der Waals surface area contributed by atoms with Gasteiger partial charge >= 0.3 is 0 Å². The molecule has 1 heterocycles. The lowest BCUT2D eigenvalue weighted by Crippen LogP contribution is -2.15. The molecule has 0 saturated heterocycles. The highest BCUT2D eigenvalue weighted by molar-refractivity contribution is 7.99. The molecular formula is C24H21Cl2N5OS. The molecule has 1 amide bonds. The van der Waals surface area contributed by atoms with Crippen LogP contribution in [0.2, 0.25) is 10.0 Å². The van der Waals surface area contributed by atoms with Gasteiger partial charge < -0.3 is 10.2 Å². The summed E-state index contributed by atoms with van der Waals surface area (Å²) >= 11 is 13.4. The summed E-state index contributed by atoms with van der Waals surface area (Å²) in [5.41, 5.74) is 3.51. The van der Waals surface area contributed by atoms with Crippen LogP contribution in [0.4, 0.5) is 11.4 Å². The van der Waals surface area contributed by atoms with E-state index in [2.05, 4.69) is 15.5 Å². The van der Waals surface area contributed by atoms with Crippen LogP contribution in [0.25, 0.3) is 17.1 Å². The molecule has 6 nitrogen and oxygen atoms in total. The largest absolute Gasteiger partial charge is 0.378 e. The van der Waals surface area contributed by atoms with Crippen LogP contribution in [-0.2, 0) is 4.79 Å². The monoisotopic (exact) mass is 497 g/mol. The summed E-state index contributed by atoms with van der Waals surface area (Å²) in [5, 5.41) is 13.5. The van der Waals surface area contributed by atoms with Crippen molar-refractivity contribution in [2.75, 3.05) is 30.1 Å². The molecule has 0 aliphatic rings. The molecular weight excluding hydrogens is 477 g/mol. The fraction of sp³-hybridized carbons (Fsp3) is 0.125. The minimum absolute atomic E-state index is 0.128. The summed E-state index contributed by atoms with van der Waals surface area (Å²) in [6.07, 6.45) is 0. The van der Waals surface area contributed by atoms with E-state index in [1.807, 2.05) is 72.1 Å². The maximum absolute atomic E-state index is 12.6. The first-order chi connectivity index (χ1) is 15.9. The van der Waals surface area contributed by atoms with Crippen LogP contribution in [0.1, 0.15) is 0 Å². The van der Waals surface area contributed by atoms with Crippen LogP contribution in [0.3, 0.4) is 0 Å². The number of rotatable bonds is 7. The molecule has 4 aromatic rings. The number of benzene rings is 3. The van der Waals surface area contributed by atoms with E-state index in [1.54, 1.807) is 24.3 Å². The van der Waals surface area contributed by atoms with E-state index < -0.39 is 0 Å². The molecule has 0 unspecified atom stereocenters. The number of hydrogen-bond acceptors (Lipinski definition) is 5. The predicted molar refractivity (Wildman–Crippen MR) is 137 cm³/mol. The number of anilines is 2. The fourth-order valence-electron chi connectivity index (χ4n) is 3.14. The van der Waals surface area contributed by atoms with Crippen molar-refractivity contribution in [2.24, 2.45) is 0 Å². The number of nitrogens with zero attached hydrogens (tertiary/aromatic N) is 4. The Morgan fingerprint density at radius 2 is 1.52 bits per heavy atom. The van der Waals surface area contributed by atoms with Crippen LogP contribution in [0.5, 0.6) is 0 Å². The first-order valence-corrected chi connectivity index (χ1v) is 11.8. The topological polar surface area (TPSA) is 63.1 Å². The first-order valence-electron chi connectivity index (χ1n) is 10.1. The van der Waals surface area contributed by atoms with Gasteiger partial charge in [0.2, 0.25) is 5.91 Å². The Balaban J connectivity index is 1.55. The van der Waals surface area contributed by atoms with Gasteiger partial charge in [0, 0.05) is 46.8 Å². The Morgan fingerprint density at radius 1 is 0.909 bits per heavy atom. The zero-order chi connectivity index (χ0) is 23.4. The van der Waals surface area contributed by atoms with Crippen LogP contribution in [-0.4, -0.2) is 40.5 Å². The number of aromatic nitrogens is 3. The molecule has 1 N–H and O–H groups in total. The maximum atomic E-state index is 12.6. The van der Waals surface area contributed by atoms with Gasteiger partial charge in [-0.15, -0.1) is 10.2 Å². The quantitative estimate of drug-likeness (QED) is 0.315. The standard InChI is InChI=1S/C24H21Cl2N5OS/c1-30(2)20-13-9-19(10-14-20)27-22(32)15-33-24-29-28-23(16-3-5-17(25)6-4-16)31(24)21-11-7-18(26)8-12-21/h3-14H,15H2,1-2H3,(H,27,32). The number of nitrogens with one attached hydrogen (secondary N) is 1. The first kappa shape index (κ1) is 23.2. The fourth-order valence-corrected chi connectivity index (χ4v) is 4.15. The van der Waals surface area contributed by atoms with Gasteiger partial charge in [0.05, 0.1) is 5.75 Å². The van der Waals surface area contributed by atoms with Crippen molar-refractivity contribution in [3.8, 4) is 17.1 Å². The molecule has 33 heavy (non-hydrogen) atoms. The van der Waals surface area contributed by atoms with Gasteiger partial charge in [-0.3, -0.25) is 9.36 Å². The van der Waals surface area contributed by atoms with Gasteiger partial charge in [-0.05, 0) is 72.8 Å². The van der Waals surface area contributed by atoms with Gasteiger partial charge in [-0.25, -0.2) is 0 Å². The number of hydrogen-bond donors (Lipinski definition) is 1. The normalized spacial score (nSPS) is 10.8. The minimum Gasteiger partial charge on any atom is -0.378 e. The highest BCUT2D eigenvalue weighted by Crippen LogP contribution is 2.29. The van der Waals surface area contributed by atoms with E-state index in [9.17, 15) is 4.79 Å². The maximum Gasteiger partial charge on any atom is 0.234 e. The SMILES string of the molecule is CN(C)c1ccc(NC(=O)CSc2nnc(-c3ccc(Cl)cc3)n2-c2ccc(Cl)cc2)cc1. The molecule has 0 aliphatic heterocycles. The molecule has 168 valence electrons. The summed E-state index contributed by atoms with van der Waals surface area (Å²) in [7, 11) is 3.94. The summed E-state index contributed by atoms with van der Waals surface area (Å²) in [6, 6.07) is 22.5. The van der Waals surface area contributed by atoms with Crippen molar-refractivity contribution in [1.82, 2.24) is 14.8 Å². The highest BCUT2D eigenvalue weighted by Gasteiger charge is 2.17. The van der Waals surface area contributed by atoms with Gasteiger partial charge in [-0.1, -0.05) is 35.0 Å². The van der Waals surface area contributed by atoms with E-state index in [-0.39, 0.29) is 11.7 Å². The number of halogens is 2. The summed E-state index contributed by atoms with van der Waals surface area (Å²) < 4.78 is 1.91. The van der Waals surface area contributed by atoms with Crippen LogP contribution in [0.15, 0.2) is 78.0 Å². The molecule has 3 aromatic carbocycles. The third kappa shape index (κ3) is 5.68. The molecule has 4 rings (SSSR count). The lowest BCUT2D eigenvalue weighted by atomic mass is 10.2. The number of amides is 1. The lowest BCUT2D eigenvalue weighted by molar-refractivity contribution is -0.113. The molecule has 0 spiro atoms. The van der Waals surface area contributed by atoms with E-state index in [0.717, 1.165) is 22.6 Å². The third-order valence-corrected chi connectivity index (χ3v) is 6.25. The summed E-state index contributed by atoms with van der Waals surface area (Å²) in [5.74, 6) is 0.703. The number of carbonyl (C=O) groups is 1. The smallest absolute Gasteiger partial charge is 0.234 e. The van der Waals surface area contributed by atoms with Crippen molar-refractivity contribution in [2.45, 2.75) is 5.16 Å². The Labute approximate surface area is 206 Å². The summed E-state index contributed by atoms with van der Waals surface area (Å²) in [4.78, 5) is 14.6. The molecule has 0 aliphatic carbocycles. The molecule has 0 saturated carbocycles. The zero-order valence-corrected chi connectivity index (χ0v) is 20.3. The predicted octanol–water partition coefficient (Wildman–Crippen LogP) is 6.04. The zero-order valence-electron chi connectivity index (χ0n) is 18.0. The van der Waals surface area contributed by atoms with Gasteiger partial charge in [-0.2, -0.15) is 0 Å². The average Bonchev–Trinajstić information content (AvgIpc) is 3.23. The highest BCUT2D eigenvalue weighted by atomic mass is 35.5. The van der Waals surface area contributed by atoms with E-state index in [1.165, 1.54) is 11.8 Å². The molecule has 0 fully saturated rings. The molecule has 9 heteroatoms. The van der Waals surface area contributed by atoms with Crippen LogP contribution in [0, 0.1) is 0 Å². The van der Waals surface area contributed by atoms with E-state index in [4.69, 9.17) is 23.2 Å². The molecule has 0 bridgehead atoms. The number of carbonyl (C=O) groups excluding carboxylic acids is 1. The Kier molecular flexibility index (Phi) is 7.23. The van der Waals surface area contributed by atoms with Crippen molar-refractivity contribution < 1.29 is 4.79 Å².